The molecule has 144 valence electrons. The first-order chi connectivity index (χ1) is 11.9. The third-order valence-electron chi connectivity index (χ3n) is 3.78. The first-order valence-corrected chi connectivity index (χ1v) is 10.1. The van der Waals surface area contributed by atoms with Gasteiger partial charge in [-0.1, -0.05) is 43.3 Å². The van der Waals surface area contributed by atoms with Crippen molar-refractivity contribution in [2.45, 2.75) is 32.9 Å². The van der Waals surface area contributed by atoms with Crippen LogP contribution in [0, 0.1) is 0 Å². The Morgan fingerprint density at radius 3 is 2.08 bits per heavy atom. The van der Waals surface area contributed by atoms with Crippen LogP contribution >= 0.6 is 12.4 Å². The molecular formula is C19H27ClN2O3S. The molecule has 0 amide bonds. The van der Waals surface area contributed by atoms with E-state index in [1.54, 1.807) is 0 Å². The Morgan fingerprint density at radius 1 is 1.04 bits per heavy atom. The van der Waals surface area contributed by atoms with Crippen LogP contribution in [0.1, 0.15) is 25.8 Å². The highest BCUT2D eigenvalue weighted by atomic mass is 35.5. The molecule has 0 heterocycles. The Bertz CT molecular complexity index is 762. The van der Waals surface area contributed by atoms with Crippen LogP contribution in [0.25, 0.3) is 11.1 Å². The number of hydrogen-bond donors (Lipinski definition) is 2. The first-order valence-electron chi connectivity index (χ1n) is 8.47. The number of hydrogen-bond acceptors (Lipinski definition) is 4. The average molecular weight is 399 g/mol. The molecule has 0 aliphatic carbocycles. The zero-order valence-electron chi connectivity index (χ0n) is 15.1. The van der Waals surface area contributed by atoms with Crippen LogP contribution in [0.15, 0.2) is 48.5 Å². The van der Waals surface area contributed by atoms with Crippen molar-refractivity contribution in [1.82, 2.24) is 4.72 Å². The zero-order valence-corrected chi connectivity index (χ0v) is 16.8. The molecule has 1 atom stereocenters. The van der Waals surface area contributed by atoms with Crippen LogP contribution in [0.4, 0.5) is 0 Å². The molecule has 0 fully saturated rings. The van der Waals surface area contributed by atoms with Gasteiger partial charge in [0.05, 0.1) is 5.75 Å². The summed E-state index contributed by atoms with van der Waals surface area (Å²) < 4.78 is 31.7. The summed E-state index contributed by atoms with van der Waals surface area (Å²) >= 11 is 0. The summed E-state index contributed by atoms with van der Waals surface area (Å²) in [6.45, 7) is 4.47. The third-order valence-corrected chi connectivity index (χ3v) is 5.33. The number of ether oxygens (including phenoxy) is 1. The summed E-state index contributed by atoms with van der Waals surface area (Å²) in [5, 5.41) is 0. The number of rotatable bonds is 9. The van der Waals surface area contributed by atoms with E-state index in [0.717, 1.165) is 16.7 Å². The standard InChI is InChI=1S/C19H26N2O3S.ClH/c1-3-12-25(22,23)21-14-15(2)24-19-10-8-18(9-11-19)17-6-4-16(13-20)5-7-17;/h4-11,15,21H,3,12-14,20H2,1-2H3;1H. The summed E-state index contributed by atoms with van der Waals surface area (Å²) in [6.07, 6.45) is 0.347. The maximum atomic E-state index is 11.7. The van der Waals surface area contributed by atoms with Crippen molar-refractivity contribution in [1.29, 1.82) is 0 Å². The molecular weight excluding hydrogens is 372 g/mol. The highest BCUT2D eigenvalue weighted by molar-refractivity contribution is 7.89. The zero-order chi connectivity index (χ0) is 18.3. The lowest BCUT2D eigenvalue weighted by Gasteiger charge is -2.16. The van der Waals surface area contributed by atoms with Gasteiger partial charge in [-0.2, -0.15) is 0 Å². The molecule has 3 N–H and O–H groups in total. The molecule has 0 radical (unpaired) electrons. The van der Waals surface area contributed by atoms with Crippen molar-refractivity contribution < 1.29 is 13.2 Å². The van der Waals surface area contributed by atoms with Gasteiger partial charge in [0.15, 0.2) is 0 Å². The van der Waals surface area contributed by atoms with Gasteiger partial charge < -0.3 is 10.5 Å². The first kappa shape index (κ1) is 22.4. The van der Waals surface area contributed by atoms with Crippen LogP contribution in [0.3, 0.4) is 0 Å². The van der Waals surface area contributed by atoms with Crippen LogP contribution < -0.4 is 15.2 Å². The summed E-state index contributed by atoms with van der Waals surface area (Å²) in [4.78, 5) is 0. The van der Waals surface area contributed by atoms with E-state index in [1.807, 2.05) is 62.4 Å². The molecule has 2 aromatic rings. The maximum Gasteiger partial charge on any atom is 0.211 e. The topological polar surface area (TPSA) is 81.4 Å². The smallest absolute Gasteiger partial charge is 0.211 e. The third kappa shape index (κ3) is 6.96. The molecule has 26 heavy (non-hydrogen) atoms. The predicted molar refractivity (Wildman–Crippen MR) is 109 cm³/mol. The minimum atomic E-state index is -3.21. The van der Waals surface area contributed by atoms with E-state index in [9.17, 15) is 8.42 Å². The number of benzene rings is 2. The van der Waals surface area contributed by atoms with Gasteiger partial charge in [-0.3, -0.25) is 0 Å². The van der Waals surface area contributed by atoms with Crippen molar-refractivity contribution in [2.24, 2.45) is 5.73 Å². The Balaban J connectivity index is 0.00000338. The lowest BCUT2D eigenvalue weighted by Crippen LogP contribution is -2.34. The molecule has 2 rings (SSSR count). The van der Waals surface area contributed by atoms with Gasteiger partial charge in [0.2, 0.25) is 10.0 Å². The molecule has 7 heteroatoms. The van der Waals surface area contributed by atoms with Gasteiger partial charge in [-0.05, 0) is 42.2 Å². The van der Waals surface area contributed by atoms with Gasteiger partial charge in [-0.15, -0.1) is 12.4 Å². The van der Waals surface area contributed by atoms with E-state index >= 15 is 0 Å². The van der Waals surface area contributed by atoms with Crippen molar-refractivity contribution in [3.8, 4) is 16.9 Å². The van der Waals surface area contributed by atoms with E-state index in [2.05, 4.69) is 4.72 Å². The fourth-order valence-electron chi connectivity index (χ4n) is 2.42. The number of halogens is 1. The fraction of sp³-hybridized carbons (Fsp3) is 0.368. The fourth-order valence-corrected chi connectivity index (χ4v) is 3.59. The predicted octanol–water partition coefficient (Wildman–Crippen LogP) is 3.33. The van der Waals surface area contributed by atoms with Gasteiger partial charge in [0, 0.05) is 13.1 Å². The lowest BCUT2D eigenvalue weighted by molar-refractivity contribution is 0.225. The Morgan fingerprint density at radius 2 is 1.58 bits per heavy atom. The van der Waals surface area contributed by atoms with Gasteiger partial charge in [0.25, 0.3) is 0 Å². The van der Waals surface area contributed by atoms with Crippen molar-refractivity contribution in [3.63, 3.8) is 0 Å². The summed E-state index contributed by atoms with van der Waals surface area (Å²) in [5.41, 5.74) is 8.92. The molecule has 0 saturated carbocycles. The number of nitrogens with one attached hydrogen (secondary N) is 1. The second-order valence-corrected chi connectivity index (χ2v) is 7.95. The Kier molecular flexibility index (Phi) is 9.08. The van der Waals surface area contributed by atoms with E-state index in [4.69, 9.17) is 10.5 Å². The second-order valence-electron chi connectivity index (χ2n) is 6.02. The van der Waals surface area contributed by atoms with Gasteiger partial charge >= 0.3 is 0 Å². The normalized spacial score (nSPS) is 12.3. The van der Waals surface area contributed by atoms with Gasteiger partial charge in [0.1, 0.15) is 11.9 Å². The molecule has 0 spiro atoms. The van der Waals surface area contributed by atoms with E-state index < -0.39 is 10.0 Å². The van der Waals surface area contributed by atoms with E-state index in [1.165, 1.54) is 0 Å². The van der Waals surface area contributed by atoms with Crippen molar-refractivity contribution in [2.75, 3.05) is 12.3 Å². The van der Waals surface area contributed by atoms with Crippen molar-refractivity contribution in [3.05, 3.63) is 54.1 Å². The molecule has 0 saturated heterocycles. The Labute approximate surface area is 162 Å². The van der Waals surface area contributed by atoms with Crippen LogP contribution in [-0.4, -0.2) is 26.8 Å². The average Bonchev–Trinajstić information content (AvgIpc) is 2.61. The summed E-state index contributed by atoms with van der Waals surface area (Å²) in [5.74, 6) is 0.849. The molecule has 0 bridgehead atoms. The monoisotopic (exact) mass is 398 g/mol. The van der Waals surface area contributed by atoms with Crippen LogP contribution in [0.2, 0.25) is 0 Å². The molecule has 1 unspecified atom stereocenters. The Hall–Kier alpha value is -1.60. The minimum absolute atomic E-state index is 0. The van der Waals surface area contributed by atoms with Gasteiger partial charge in [-0.25, -0.2) is 13.1 Å². The molecule has 5 nitrogen and oxygen atoms in total. The van der Waals surface area contributed by atoms with Crippen molar-refractivity contribution >= 4 is 22.4 Å². The van der Waals surface area contributed by atoms with Crippen LogP contribution in [-0.2, 0) is 16.6 Å². The molecule has 0 aliphatic rings. The highest BCUT2D eigenvalue weighted by Gasteiger charge is 2.11. The summed E-state index contributed by atoms with van der Waals surface area (Å²) in [7, 11) is -3.21. The number of nitrogens with two attached hydrogens (primary N) is 1. The maximum absolute atomic E-state index is 11.7. The van der Waals surface area contributed by atoms with Crippen LogP contribution in [0.5, 0.6) is 5.75 Å². The van der Waals surface area contributed by atoms with E-state index in [0.29, 0.717) is 18.7 Å². The second kappa shape index (κ2) is 10.5. The molecule has 0 aromatic heterocycles. The SMILES string of the molecule is CCCS(=O)(=O)NCC(C)Oc1ccc(-c2ccc(CN)cc2)cc1.Cl. The largest absolute Gasteiger partial charge is 0.489 e. The summed E-state index contributed by atoms with van der Waals surface area (Å²) in [6, 6.07) is 15.9. The lowest BCUT2D eigenvalue weighted by atomic mass is 10.0. The minimum Gasteiger partial charge on any atom is -0.489 e. The molecule has 2 aromatic carbocycles. The molecule has 0 aliphatic heterocycles. The number of sulfonamides is 1. The quantitative estimate of drug-likeness (QED) is 0.678. The van der Waals surface area contributed by atoms with E-state index in [-0.39, 0.29) is 30.8 Å². The highest BCUT2D eigenvalue weighted by Crippen LogP contribution is 2.23.